The van der Waals surface area contributed by atoms with Crippen LogP contribution in [-0.2, 0) is 15.9 Å². The van der Waals surface area contributed by atoms with Crippen LogP contribution in [0.1, 0.15) is 37.0 Å². The molecular weight excluding hydrogens is 363 g/mol. The fraction of sp³-hybridized carbons (Fsp3) is 0.444. The molecule has 1 saturated carbocycles. The number of fused-ring (bicyclic) bond motifs is 1. The van der Waals surface area contributed by atoms with Crippen LogP contribution in [0.25, 0.3) is 11.3 Å². The Morgan fingerprint density at radius 1 is 1.28 bits per heavy atom. The first kappa shape index (κ1) is 17.0. The number of hydrogen-bond donors (Lipinski definition) is 0. The van der Waals surface area contributed by atoms with Crippen molar-refractivity contribution in [3.05, 3.63) is 39.5 Å². The highest BCUT2D eigenvalue weighted by Gasteiger charge is 2.50. The Labute approximate surface area is 156 Å². The van der Waals surface area contributed by atoms with Crippen molar-refractivity contribution in [3.8, 4) is 17.0 Å². The first-order valence-electron chi connectivity index (χ1n) is 8.17. The molecular formula is C18H18Cl2N2O3. The average Bonchev–Trinajstić information content (AvgIpc) is 3.32. The Morgan fingerprint density at radius 3 is 2.80 bits per heavy atom. The van der Waals surface area contributed by atoms with Gasteiger partial charge in [0.2, 0.25) is 0 Å². The number of rotatable bonds is 4. The van der Waals surface area contributed by atoms with Crippen LogP contribution in [0.3, 0.4) is 0 Å². The Kier molecular flexibility index (Phi) is 4.36. The molecule has 2 aliphatic rings. The minimum absolute atomic E-state index is 0.0759. The van der Waals surface area contributed by atoms with Gasteiger partial charge in [0, 0.05) is 29.7 Å². The van der Waals surface area contributed by atoms with Gasteiger partial charge in [0.05, 0.1) is 11.7 Å². The summed E-state index contributed by atoms with van der Waals surface area (Å²) in [5, 5.41) is 9.52. The predicted molar refractivity (Wildman–Crippen MR) is 95.2 cm³/mol. The fourth-order valence-electron chi connectivity index (χ4n) is 3.43. The number of aromatic nitrogens is 2. The van der Waals surface area contributed by atoms with Crippen molar-refractivity contribution in [1.82, 2.24) is 10.2 Å². The van der Waals surface area contributed by atoms with Gasteiger partial charge in [-0.3, -0.25) is 0 Å². The molecule has 1 aromatic heterocycles. The van der Waals surface area contributed by atoms with Crippen molar-refractivity contribution >= 4 is 23.2 Å². The maximum atomic E-state index is 6.33. The molecule has 0 bridgehead atoms. The van der Waals surface area contributed by atoms with Gasteiger partial charge in [0.25, 0.3) is 0 Å². The summed E-state index contributed by atoms with van der Waals surface area (Å²) < 4.78 is 16.9. The number of methoxy groups -OCH3 is 1. The largest absolute Gasteiger partial charge is 0.467 e. The van der Waals surface area contributed by atoms with Gasteiger partial charge in [-0.1, -0.05) is 23.2 Å². The van der Waals surface area contributed by atoms with Gasteiger partial charge in [-0.05, 0) is 43.5 Å². The van der Waals surface area contributed by atoms with Crippen molar-refractivity contribution in [1.29, 1.82) is 0 Å². The van der Waals surface area contributed by atoms with E-state index in [1.165, 1.54) is 0 Å². The number of ether oxygens (including phenoxy) is 3. The third-order valence-electron chi connectivity index (χ3n) is 4.74. The van der Waals surface area contributed by atoms with Crippen LogP contribution in [0.4, 0.5) is 0 Å². The normalized spacial score (nSPS) is 20.4. The molecule has 1 aliphatic heterocycles. The molecule has 1 aromatic carbocycles. The van der Waals surface area contributed by atoms with Crippen LogP contribution >= 0.6 is 23.2 Å². The number of halogens is 2. The van der Waals surface area contributed by atoms with Gasteiger partial charge < -0.3 is 14.2 Å². The molecule has 5 nitrogen and oxygen atoms in total. The lowest BCUT2D eigenvalue weighted by molar-refractivity contribution is -0.0342. The summed E-state index contributed by atoms with van der Waals surface area (Å²) in [5.74, 6) is 0.608. The molecule has 4 rings (SSSR count). The second-order valence-electron chi connectivity index (χ2n) is 6.54. The third kappa shape index (κ3) is 3.10. The molecule has 0 radical (unpaired) electrons. The molecule has 7 heteroatoms. The Hall–Kier alpha value is -1.40. The molecule has 2 aromatic rings. The van der Waals surface area contributed by atoms with Crippen LogP contribution in [0, 0.1) is 0 Å². The molecule has 0 amide bonds. The zero-order valence-electron chi connectivity index (χ0n) is 14.0. The zero-order chi connectivity index (χ0) is 17.6. The molecule has 2 heterocycles. The van der Waals surface area contributed by atoms with E-state index < -0.39 is 0 Å². The topological polar surface area (TPSA) is 53.5 Å². The summed E-state index contributed by atoms with van der Waals surface area (Å²) in [4.78, 5) is 0. The maximum absolute atomic E-state index is 6.33. The summed E-state index contributed by atoms with van der Waals surface area (Å²) in [7, 11) is 1.57. The predicted octanol–water partition coefficient (Wildman–Crippen LogP) is 4.60. The highest BCUT2D eigenvalue weighted by Crippen LogP contribution is 2.52. The monoisotopic (exact) mass is 380 g/mol. The summed E-state index contributed by atoms with van der Waals surface area (Å²) in [6.45, 7) is 2.14. The molecule has 1 aliphatic carbocycles. The van der Waals surface area contributed by atoms with Crippen LogP contribution in [0.15, 0.2) is 18.2 Å². The first-order valence-corrected chi connectivity index (χ1v) is 8.93. The Bertz CT molecular complexity index is 824. The van der Waals surface area contributed by atoms with E-state index in [4.69, 9.17) is 37.4 Å². The molecule has 1 fully saturated rings. The molecule has 1 atom stereocenters. The molecule has 0 saturated heterocycles. The van der Waals surface area contributed by atoms with Gasteiger partial charge in [0.15, 0.2) is 11.9 Å². The summed E-state index contributed by atoms with van der Waals surface area (Å²) in [6, 6.07) is 5.47. The second kappa shape index (κ2) is 6.40. The van der Waals surface area contributed by atoms with Crippen molar-refractivity contribution in [2.45, 2.75) is 37.9 Å². The average molecular weight is 381 g/mol. The van der Waals surface area contributed by atoms with E-state index in [0.717, 1.165) is 41.6 Å². The molecule has 0 N–H and O–H groups in total. The van der Waals surface area contributed by atoms with E-state index in [2.05, 4.69) is 10.2 Å². The first-order chi connectivity index (χ1) is 12.0. The lowest BCUT2D eigenvalue weighted by Crippen LogP contribution is -2.28. The number of hydrogen-bond acceptors (Lipinski definition) is 5. The van der Waals surface area contributed by atoms with Crippen LogP contribution < -0.4 is 4.74 Å². The summed E-state index contributed by atoms with van der Waals surface area (Å²) in [5.41, 5.74) is 3.51. The van der Waals surface area contributed by atoms with E-state index in [1.54, 1.807) is 13.2 Å². The Balaban J connectivity index is 1.86. The molecule has 1 spiro atoms. The summed E-state index contributed by atoms with van der Waals surface area (Å²) in [6.07, 6.45) is 2.79. The van der Waals surface area contributed by atoms with Crippen LogP contribution in [0.2, 0.25) is 10.2 Å². The highest BCUT2D eigenvalue weighted by atomic mass is 35.5. The van der Waals surface area contributed by atoms with Crippen molar-refractivity contribution in [2.24, 2.45) is 0 Å². The van der Waals surface area contributed by atoms with E-state index in [9.17, 15) is 0 Å². The van der Waals surface area contributed by atoms with Crippen LogP contribution in [0.5, 0.6) is 5.75 Å². The minimum atomic E-state index is -0.108. The highest BCUT2D eigenvalue weighted by molar-refractivity contribution is 6.31. The SMILES string of the molecule is COCOc1cc(Cl)ccc1-c1nnc(Cl)c2c1CC1(CC1)OC2C. The van der Waals surface area contributed by atoms with Crippen LogP contribution in [-0.4, -0.2) is 29.7 Å². The molecule has 132 valence electrons. The quantitative estimate of drug-likeness (QED) is 0.725. The zero-order valence-corrected chi connectivity index (χ0v) is 15.5. The van der Waals surface area contributed by atoms with E-state index in [0.29, 0.717) is 15.9 Å². The maximum Gasteiger partial charge on any atom is 0.188 e. The van der Waals surface area contributed by atoms with Crippen molar-refractivity contribution in [2.75, 3.05) is 13.9 Å². The lowest BCUT2D eigenvalue weighted by Gasteiger charge is -2.32. The lowest BCUT2D eigenvalue weighted by atomic mass is 9.91. The Morgan fingerprint density at radius 2 is 2.08 bits per heavy atom. The van der Waals surface area contributed by atoms with E-state index in [-0.39, 0.29) is 18.5 Å². The van der Waals surface area contributed by atoms with E-state index >= 15 is 0 Å². The fourth-order valence-corrected chi connectivity index (χ4v) is 3.90. The van der Waals surface area contributed by atoms with Gasteiger partial charge in [0.1, 0.15) is 11.4 Å². The van der Waals surface area contributed by atoms with Gasteiger partial charge in [-0.25, -0.2) is 0 Å². The molecule has 1 unspecified atom stereocenters. The number of nitrogens with zero attached hydrogens (tertiary/aromatic N) is 2. The van der Waals surface area contributed by atoms with Crippen molar-refractivity contribution < 1.29 is 14.2 Å². The third-order valence-corrected chi connectivity index (χ3v) is 5.26. The van der Waals surface area contributed by atoms with E-state index in [1.807, 2.05) is 19.1 Å². The smallest absolute Gasteiger partial charge is 0.188 e. The second-order valence-corrected chi connectivity index (χ2v) is 7.34. The van der Waals surface area contributed by atoms with Gasteiger partial charge in [-0.2, -0.15) is 0 Å². The molecule has 25 heavy (non-hydrogen) atoms. The van der Waals surface area contributed by atoms with Gasteiger partial charge >= 0.3 is 0 Å². The number of benzene rings is 1. The summed E-state index contributed by atoms with van der Waals surface area (Å²) >= 11 is 12.5. The van der Waals surface area contributed by atoms with Crippen molar-refractivity contribution in [3.63, 3.8) is 0 Å². The minimum Gasteiger partial charge on any atom is -0.467 e. The standard InChI is InChI=1S/C18H18Cl2N2O3/c1-10-15-13(8-18(25-10)5-6-18)16(21-22-17(15)20)12-4-3-11(19)7-14(12)24-9-23-2/h3-4,7,10H,5-6,8-9H2,1-2H3. The van der Waals surface area contributed by atoms with Gasteiger partial charge in [-0.15, -0.1) is 10.2 Å².